The number of hydrogen-bond donors (Lipinski definition) is 2. The first kappa shape index (κ1) is 6.20. The molecule has 0 amide bonds. The van der Waals surface area contributed by atoms with E-state index >= 15 is 0 Å². The van der Waals surface area contributed by atoms with Crippen molar-refractivity contribution < 1.29 is 0 Å². The first-order chi connectivity index (χ1) is 4.25. The summed E-state index contributed by atoms with van der Waals surface area (Å²) in [5, 5.41) is 0. The van der Waals surface area contributed by atoms with Gasteiger partial charge in [-0.1, -0.05) is 6.92 Å². The van der Waals surface area contributed by atoms with E-state index in [1.54, 1.807) is 0 Å². The molecule has 3 N–H and O–H groups in total. The van der Waals surface area contributed by atoms with Crippen LogP contribution in [0.2, 0.25) is 0 Å². The van der Waals surface area contributed by atoms with Crippen molar-refractivity contribution in [1.29, 1.82) is 0 Å². The van der Waals surface area contributed by atoms with Crippen LogP contribution in [0.1, 0.15) is 18.2 Å². The number of hydrogen-bond acceptors (Lipinski definition) is 1. The molecular formula is C7H12N2. The van der Waals surface area contributed by atoms with Crippen molar-refractivity contribution in [2.75, 3.05) is 5.73 Å². The maximum atomic E-state index is 5.68. The van der Waals surface area contributed by atoms with Crippen LogP contribution in [0, 0.1) is 6.92 Å². The normalized spacial score (nSPS) is 10.0. The summed E-state index contributed by atoms with van der Waals surface area (Å²) < 4.78 is 0. The van der Waals surface area contributed by atoms with Gasteiger partial charge in [0.1, 0.15) is 0 Å². The van der Waals surface area contributed by atoms with E-state index in [-0.39, 0.29) is 0 Å². The van der Waals surface area contributed by atoms with Gasteiger partial charge in [-0.15, -0.1) is 0 Å². The second kappa shape index (κ2) is 2.13. The number of aryl methyl sites for hydroxylation is 2. The van der Waals surface area contributed by atoms with Crippen molar-refractivity contribution in [3.63, 3.8) is 0 Å². The van der Waals surface area contributed by atoms with Gasteiger partial charge >= 0.3 is 0 Å². The van der Waals surface area contributed by atoms with Crippen molar-refractivity contribution in [3.8, 4) is 0 Å². The molecule has 0 aromatic carbocycles. The van der Waals surface area contributed by atoms with E-state index in [1.807, 2.05) is 13.1 Å². The van der Waals surface area contributed by atoms with Gasteiger partial charge in [0.05, 0.1) is 5.69 Å². The van der Waals surface area contributed by atoms with Crippen LogP contribution in [-0.4, -0.2) is 4.98 Å². The average molecular weight is 124 g/mol. The minimum Gasteiger partial charge on any atom is -0.397 e. The topological polar surface area (TPSA) is 41.8 Å². The van der Waals surface area contributed by atoms with E-state index in [0.29, 0.717) is 0 Å². The van der Waals surface area contributed by atoms with E-state index in [2.05, 4.69) is 11.9 Å². The Balaban J connectivity index is 3.04. The van der Waals surface area contributed by atoms with E-state index in [4.69, 9.17) is 5.73 Å². The highest BCUT2D eigenvalue weighted by atomic mass is 14.7. The van der Waals surface area contributed by atoms with Crippen LogP contribution in [0.15, 0.2) is 6.20 Å². The van der Waals surface area contributed by atoms with Crippen molar-refractivity contribution >= 4 is 5.69 Å². The number of rotatable bonds is 1. The predicted octanol–water partition coefficient (Wildman–Crippen LogP) is 1.47. The van der Waals surface area contributed by atoms with Crippen molar-refractivity contribution in [2.24, 2.45) is 0 Å². The fourth-order valence-corrected chi connectivity index (χ4v) is 0.884. The van der Waals surface area contributed by atoms with Crippen LogP contribution in [0.5, 0.6) is 0 Å². The molecule has 0 bridgehead atoms. The summed E-state index contributed by atoms with van der Waals surface area (Å²) in [6.45, 7) is 4.08. The largest absolute Gasteiger partial charge is 0.397 e. The lowest BCUT2D eigenvalue weighted by Crippen LogP contribution is -1.88. The van der Waals surface area contributed by atoms with E-state index in [1.165, 1.54) is 5.56 Å². The minimum absolute atomic E-state index is 0.914. The molecule has 0 radical (unpaired) electrons. The van der Waals surface area contributed by atoms with E-state index in [0.717, 1.165) is 17.8 Å². The molecule has 1 rings (SSSR count). The number of H-pyrrole nitrogens is 1. The summed E-state index contributed by atoms with van der Waals surface area (Å²) in [7, 11) is 0. The highest BCUT2D eigenvalue weighted by Crippen LogP contribution is 2.14. The molecule has 0 aliphatic heterocycles. The Kier molecular flexibility index (Phi) is 1.47. The predicted molar refractivity (Wildman–Crippen MR) is 39.3 cm³/mol. The van der Waals surface area contributed by atoms with Gasteiger partial charge in [0, 0.05) is 11.9 Å². The summed E-state index contributed by atoms with van der Waals surface area (Å²) >= 11 is 0. The summed E-state index contributed by atoms with van der Waals surface area (Å²) in [6, 6.07) is 0. The molecule has 1 aromatic rings. The summed E-state index contributed by atoms with van der Waals surface area (Å²) in [5.74, 6) is 0. The highest BCUT2D eigenvalue weighted by Gasteiger charge is 1.99. The van der Waals surface area contributed by atoms with Crippen molar-refractivity contribution in [2.45, 2.75) is 20.3 Å². The third-order valence-electron chi connectivity index (χ3n) is 1.59. The maximum absolute atomic E-state index is 5.68. The molecular weight excluding hydrogens is 112 g/mol. The first-order valence-electron chi connectivity index (χ1n) is 3.18. The zero-order chi connectivity index (χ0) is 6.85. The minimum atomic E-state index is 0.914. The third-order valence-corrected chi connectivity index (χ3v) is 1.59. The third kappa shape index (κ3) is 0.922. The molecule has 50 valence electrons. The first-order valence-corrected chi connectivity index (χ1v) is 3.18. The fourth-order valence-electron chi connectivity index (χ4n) is 0.884. The van der Waals surface area contributed by atoms with Crippen LogP contribution < -0.4 is 5.73 Å². The monoisotopic (exact) mass is 124 g/mol. The zero-order valence-electron chi connectivity index (χ0n) is 5.86. The summed E-state index contributed by atoms with van der Waals surface area (Å²) in [4.78, 5) is 3.06. The SMILES string of the molecule is CCc1c[nH]c(C)c1N. The molecule has 0 saturated heterocycles. The summed E-state index contributed by atoms with van der Waals surface area (Å²) in [5.41, 5.74) is 8.89. The van der Waals surface area contributed by atoms with Gasteiger partial charge in [-0.2, -0.15) is 0 Å². The second-order valence-corrected chi connectivity index (χ2v) is 2.21. The van der Waals surface area contributed by atoms with Gasteiger partial charge in [-0.3, -0.25) is 0 Å². The molecule has 1 heterocycles. The van der Waals surface area contributed by atoms with Gasteiger partial charge in [-0.25, -0.2) is 0 Å². The molecule has 0 fully saturated rings. The van der Waals surface area contributed by atoms with Gasteiger partial charge in [0.2, 0.25) is 0 Å². The van der Waals surface area contributed by atoms with Gasteiger partial charge in [0.25, 0.3) is 0 Å². The lowest BCUT2D eigenvalue weighted by atomic mass is 10.2. The molecule has 0 atom stereocenters. The Bertz CT molecular complexity index is 201. The van der Waals surface area contributed by atoms with Gasteiger partial charge in [-0.05, 0) is 18.9 Å². The maximum Gasteiger partial charge on any atom is 0.0554 e. The number of anilines is 1. The Hall–Kier alpha value is -0.920. The van der Waals surface area contributed by atoms with Crippen molar-refractivity contribution in [3.05, 3.63) is 17.5 Å². The molecule has 2 nitrogen and oxygen atoms in total. The molecule has 0 aliphatic carbocycles. The van der Waals surface area contributed by atoms with Crippen molar-refractivity contribution in [1.82, 2.24) is 4.98 Å². The van der Waals surface area contributed by atoms with Crippen LogP contribution >= 0.6 is 0 Å². The second-order valence-electron chi connectivity index (χ2n) is 2.21. The fraction of sp³-hybridized carbons (Fsp3) is 0.429. The molecule has 0 spiro atoms. The van der Waals surface area contributed by atoms with Crippen LogP contribution in [0.25, 0.3) is 0 Å². The molecule has 0 aliphatic rings. The van der Waals surface area contributed by atoms with Gasteiger partial charge < -0.3 is 10.7 Å². The number of aromatic nitrogens is 1. The molecule has 0 saturated carbocycles. The molecule has 9 heavy (non-hydrogen) atoms. The smallest absolute Gasteiger partial charge is 0.0554 e. The highest BCUT2D eigenvalue weighted by molar-refractivity contribution is 5.50. The summed E-state index contributed by atoms with van der Waals surface area (Å²) in [6.07, 6.45) is 2.97. The number of aromatic amines is 1. The number of nitrogens with two attached hydrogens (primary N) is 1. The zero-order valence-corrected chi connectivity index (χ0v) is 5.86. The standard InChI is InChI=1S/C7H12N2/c1-3-6-4-9-5(2)7(6)8/h4,9H,3,8H2,1-2H3. The van der Waals surface area contributed by atoms with Crippen LogP contribution in [0.4, 0.5) is 5.69 Å². The average Bonchev–Trinajstić information content (AvgIpc) is 2.15. The lowest BCUT2D eigenvalue weighted by molar-refractivity contribution is 1.15. The lowest BCUT2D eigenvalue weighted by Gasteiger charge is -1.91. The Labute approximate surface area is 55.1 Å². The quantitative estimate of drug-likeness (QED) is 0.584. The van der Waals surface area contributed by atoms with E-state index in [9.17, 15) is 0 Å². The Morgan fingerprint density at radius 1 is 1.67 bits per heavy atom. The van der Waals surface area contributed by atoms with Crippen LogP contribution in [0.3, 0.4) is 0 Å². The molecule has 2 heteroatoms. The number of nitrogens with one attached hydrogen (secondary N) is 1. The Morgan fingerprint density at radius 2 is 2.33 bits per heavy atom. The van der Waals surface area contributed by atoms with Gasteiger partial charge in [0.15, 0.2) is 0 Å². The Morgan fingerprint density at radius 3 is 2.56 bits per heavy atom. The number of nitrogen functional groups attached to an aromatic ring is 1. The van der Waals surface area contributed by atoms with Crippen LogP contribution in [-0.2, 0) is 6.42 Å². The molecule has 1 aromatic heterocycles. The van der Waals surface area contributed by atoms with E-state index < -0.39 is 0 Å². The molecule has 0 unspecified atom stereocenters.